The molecule has 0 unspecified atom stereocenters. The van der Waals surface area contributed by atoms with Crippen molar-refractivity contribution in [3.63, 3.8) is 0 Å². The summed E-state index contributed by atoms with van der Waals surface area (Å²) in [5, 5.41) is 0. The van der Waals surface area contributed by atoms with Crippen LogP contribution in [0.1, 0.15) is 13.3 Å². The topological polar surface area (TPSA) is 21.7 Å². The molecule has 0 rings (SSSR count). The van der Waals surface area contributed by atoms with Crippen molar-refractivity contribution in [2.24, 2.45) is 0 Å². The van der Waals surface area contributed by atoms with Crippen molar-refractivity contribution in [1.29, 1.82) is 0 Å². The van der Waals surface area contributed by atoms with Crippen LogP contribution in [0, 0.1) is 0 Å². The highest BCUT2D eigenvalue weighted by molar-refractivity contribution is 6.65. The van der Waals surface area contributed by atoms with Gasteiger partial charge in [-0.3, -0.25) is 0 Å². The Kier molecular flexibility index (Phi) is 6.58. The molecule has 0 N–H and O–H groups in total. The summed E-state index contributed by atoms with van der Waals surface area (Å²) in [6, 6.07) is 1.07. The molecule has 0 saturated heterocycles. The van der Waals surface area contributed by atoms with E-state index in [0.29, 0.717) is 0 Å². The molecule has 4 heteroatoms. The normalized spacial score (nSPS) is 12.5. The highest BCUT2D eigenvalue weighted by Crippen LogP contribution is 2.13. The van der Waals surface area contributed by atoms with Gasteiger partial charge in [0.1, 0.15) is 0 Å². The van der Waals surface area contributed by atoms with Crippen LogP contribution in [-0.2, 0) is 8.85 Å². The molecule has 3 nitrogen and oxygen atoms in total. The van der Waals surface area contributed by atoms with E-state index in [1.165, 1.54) is 0 Å². The molecule has 0 aliphatic heterocycles. The van der Waals surface area contributed by atoms with Gasteiger partial charge in [-0.05, 0) is 39.1 Å². The predicted octanol–water partition coefficient (Wildman–Crippen LogP) is 1.69. The first kappa shape index (κ1) is 13.1. The van der Waals surface area contributed by atoms with Crippen LogP contribution in [0.3, 0.4) is 0 Å². The summed E-state index contributed by atoms with van der Waals surface area (Å²) >= 11 is 0. The molecule has 0 fully saturated rings. The Bertz CT molecular complexity index is 129. The van der Waals surface area contributed by atoms with Gasteiger partial charge >= 0.3 is 8.56 Å². The Labute approximate surface area is 83.3 Å². The van der Waals surface area contributed by atoms with E-state index in [4.69, 9.17) is 8.85 Å². The van der Waals surface area contributed by atoms with Crippen molar-refractivity contribution in [3.05, 3.63) is 0 Å². The summed E-state index contributed by atoms with van der Waals surface area (Å²) in [5.74, 6) is 0. The van der Waals surface area contributed by atoms with Gasteiger partial charge in [0.05, 0.1) is 0 Å². The van der Waals surface area contributed by atoms with Crippen LogP contribution in [0.2, 0.25) is 12.6 Å². The molecule has 0 aliphatic rings. The highest BCUT2D eigenvalue weighted by atomic mass is 28.4. The van der Waals surface area contributed by atoms with Gasteiger partial charge in [-0.2, -0.15) is 0 Å². The SMILES string of the molecule is CCN(C)CCC[Si](C)(OC)OC. The average molecular weight is 205 g/mol. The minimum Gasteiger partial charge on any atom is -0.398 e. The van der Waals surface area contributed by atoms with E-state index in [9.17, 15) is 0 Å². The molecule has 0 aromatic carbocycles. The van der Waals surface area contributed by atoms with Crippen LogP contribution in [0.5, 0.6) is 0 Å². The summed E-state index contributed by atoms with van der Waals surface area (Å²) in [7, 11) is 3.83. The highest BCUT2D eigenvalue weighted by Gasteiger charge is 2.27. The largest absolute Gasteiger partial charge is 0.398 e. The Morgan fingerprint density at radius 1 is 1.23 bits per heavy atom. The Hall–Kier alpha value is 0.0969. The van der Waals surface area contributed by atoms with Crippen molar-refractivity contribution in [3.8, 4) is 0 Å². The zero-order valence-electron chi connectivity index (χ0n) is 9.59. The van der Waals surface area contributed by atoms with E-state index < -0.39 is 8.56 Å². The summed E-state index contributed by atoms with van der Waals surface area (Å²) < 4.78 is 10.8. The van der Waals surface area contributed by atoms with E-state index in [-0.39, 0.29) is 0 Å². The third kappa shape index (κ3) is 5.41. The van der Waals surface area contributed by atoms with Crippen LogP contribution in [0.4, 0.5) is 0 Å². The van der Waals surface area contributed by atoms with Crippen LogP contribution in [0.25, 0.3) is 0 Å². The molecule has 0 heterocycles. The quantitative estimate of drug-likeness (QED) is 0.590. The fraction of sp³-hybridized carbons (Fsp3) is 1.00. The smallest absolute Gasteiger partial charge is 0.334 e. The van der Waals surface area contributed by atoms with E-state index >= 15 is 0 Å². The van der Waals surface area contributed by atoms with Crippen LogP contribution in [-0.4, -0.2) is 47.8 Å². The summed E-state index contributed by atoms with van der Waals surface area (Å²) in [6.07, 6.45) is 1.16. The van der Waals surface area contributed by atoms with Crippen molar-refractivity contribution in [2.75, 3.05) is 34.4 Å². The van der Waals surface area contributed by atoms with Gasteiger partial charge in [-0.1, -0.05) is 6.92 Å². The first-order chi connectivity index (χ1) is 6.08. The predicted molar refractivity (Wildman–Crippen MR) is 58.2 cm³/mol. The van der Waals surface area contributed by atoms with Gasteiger partial charge in [-0.25, -0.2) is 0 Å². The second-order valence-corrected chi connectivity index (χ2v) is 7.13. The van der Waals surface area contributed by atoms with Crippen LogP contribution in [0.15, 0.2) is 0 Å². The number of hydrogen-bond acceptors (Lipinski definition) is 3. The molecule has 0 aromatic heterocycles. The van der Waals surface area contributed by atoms with E-state index in [1.807, 2.05) is 0 Å². The summed E-state index contributed by atoms with van der Waals surface area (Å²) in [4.78, 5) is 2.31. The molecule has 0 atom stereocenters. The van der Waals surface area contributed by atoms with E-state index in [0.717, 1.165) is 25.6 Å². The maximum absolute atomic E-state index is 5.40. The second-order valence-electron chi connectivity index (χ2n) is 3.54. The fourth-order valence-electron chi connectivity index (χ4n) is 1.12. The van der Waals surface area contributed by atoms with Gasteiger partial charge in [0.25, 0.3) is 0 Å². The lowest BCUT2D eigenvalue weighted by molar-refractivity contribution is 0.245. The molecule has 0 saturated carbocycles. The third-order valence-electron chi connectivity index (χ3n) is 2.57. The maximum Gasteiger partial charge on any atom is 0.334 e. The molecule has 0 radical (unpaired) electrons. The molecule has 80 valence electrons. The van der Waals surface area contributed by atoms with Gasteiger partial charge in [-0.15, -0.1) is 0 Å². The minimum absolute atomic E-state index is 1.07. The van der Waals surface area contributed by atoms with Gasteiger partial charge in [0.15, 0.2) is 0 Å². The Balaban J connectivity index is 3.61. The molecule has 0 bridgehead atoms. The van der Waals surface area contributed by atoms with Crippen molar-refractivity contribution in [2.45, 2.75) is 25.9 Å². The van der Waals surface area contributed by atoms with Gasteiger partial charge in [0.2, 0.25) is 0 Å². The van der Waals surface area contributed by atoms with E-state index in [2.05, 4.69) is 25.4 Å². The van der Waals surface area contributed by atoms with Crippen molar-refractivity contribution in [1.82, 2.24) is 4.90 Å². The van der Waals surface area contributed by atoms with Crippen LogP contribution < -0.4 is 0 Å². The third-order valence-corrected chi connectivity index (χ3v) is 5.56. The number of rotatable bonds is 7. The summed E-state index contributed by atoms with van der Waals surface area (Å²) in [5.41, 5.74) is 0. The van der Waals surface area contributed by atoms with Gasteiger partial charge in [0, 0.05) is 14.2 Å². The van der Waals surface area contributed by atoms with Crippen molar-refractivity contribution < 1.29 is 8.85 Å². The molecule has 13 heavy (non-hydrogen) atoms. The average Bonchev–Trinajstić information content (AvgIpc) is 2.17. The minimum atomic E-state index is -1.80. The number of hydrogen-bond donors (Lipinski definition) is 0. The molecule has 0 spiro atoms. The second kappa shape index (κ2) is 6.54. The fourth-order valence-corrected chi connectivity index (χ4v) is 2.49. The first-order valence-corrected chi connectivity index (χ1v) is 7.39. The molecular formula is C9H23NO2Si. The lowest BCUT2D eigenvalue weighted by atomic mass is 10.4. The molecule has 0 aromatic rings. The lowest BCUT2D eigenvalue weighted by Gasteiger charge is -2.23. The van der Waals surface area contributed by atoms with Crippen molar-refractivity contribution >= 4 is 8.56 Å². The molecule has 0 amide bonds. The standard InChI is InChI=1S/C9H23NO2Si/c1-6-10(2)8-7-9-13(5,11-3)12-4/h6-9H2,1-5H3. The maximum atomic E-state index is 5.40. The zero-order valence-corrected chi connectivity index (χ0v) is 10.6. The molecular weight excluding hydrogens is 182 g/mol. The number of nitrogens with zero attached hydrogens (tertiary/aromatic N) is 1. The monoisotopic (exact) mass is 205 g/mol. The molecule has 0 aliphatic carbocycles. The Morgan fingerprint density at radius 2 is 1.77 bits per heavy atom. The lowest BCUT2D eigenvalue weighted by Crippen LogP contribution is -2.36. The first-order valence-electron chi connectivity index (χ1n) is 4.87. The summed E-state index contributed by atoms with van der Waals surface area (Å²) in [6.45, 7) is 6.52. The zero-order chi connectivity index (χ0) is 10.3. The van der Waals surface area contributed by atoms with Gasteiger partial charge < -0.3 is 13.8 Å². The van der Waals surface area contributed by atoms with Crippen LogP contribution >= 0.6 is 0 Å². The Morgan fingerprint density at radius 3 is 2.15 bits per heavy atom. The van der Waals surface area contributed by atoms with E-state index in [1.54, 1.807) is 14.2 Å².